The molecule has 0 N–H and O–H groups in total. The molecule has 1 aliphatic rings. The van der Waals surface area contributed by atoms with Crippen LogP contribution in [0.1, 0.15) is 0 Å². The Morgan fingerprint density at radius 1 is 1.45 bits per heavy atom. The number of hydrogen-bond acceptors (Lipinski definition) is 3. The van der Waals surface area contributed by atoms with Crippen LogP contribution in [0.3, 0.4) is 0 Å². The predicted octanol–water partition coefficient (Wildman–Crippen LogP) is 0.873. The molecule has 0 saturated carbocycles. The van der Waals surface area contributed by atoms with Gasteiger partial charge in [0, 0.05) is 0 Å². The monoisotopic (exact) mass is 149 g/mol. The minimum absolute atomic E-state index is 0.411. The molecule has 0 aliphatic heterocycles. The number of nitrogens with zero attached hydrogens (tertiary/aromatic N) is 1. The lowest BCUT2D eigenvalue weighted by Gasteiger charge is -1.99. The Bertz CT molecular complexity index is 280. The summed E-state index contributed by atoms with van der Waals surface area (Å²) in [5, 5.41) is 3.61. The Morgan fingerprint density at radius 3 is 2.82 bits per heavy atom. The van der Waals surface area contributed by atoms with E-state index in [0.717, 1.165) is 0 Å². The third-order valence-corrected chi connectivity index (χ3v) is 1.20. The maximum Gasteiger partial charge on any atom is 0.134 e. The van der Waals surface area contributed by atoms with Gasteiger partial charge in [0.2, 0.25) is 0 Å². The molecule has 56 valence electrons. The van der Waals surface area contributed by atoms with Crippen molar-refractivity contribution in [1.29, 1.82) is 0 Å². The van der Waals surface area contributed by atoms with Crippen LogP contribution < -0.4 is 0 Å². The highest BCUT2D eigenvalue weighted by atomic mass is 16.6. The quantitative estimate of drug-likeness (QED) is 0.410. The van der Waals surface area contributed by atoms with Gasteiger partial charge >= 0.3 is 0 Å². The van der Waals surface area contributed by atoms with Crippen molar-refractivity contribution in [3.05, 3.63) is 29.9 Å². The number of oxime groups is 1. The normalized spacial score (nSPS) is 18.6. The highest BCUT2D eigenvalue weighted by molar-refractivity contribution is 6.15. The first-order chi connectivity index (χ1) is 5.38. The van der Waals surface area contributed by atoms with Crippen molar-refractivity contribution >= 4 is 11.7 Å². The minimum atomic E-state index is 0.411. The Balaban J connectivity index is 2.97. The lowest BCUT2D eigenvalue weighted by Crippen LogP contribution is -2.00. The fourth-order valence-corrected chi connectivity index (χ4v) is 0.738. The van der Waals surface area contributed by atoms with Crippen molar-refractivity contribution in [3.63, 3.8) is 0 Å². The molecule has 0 amide bonds. The predicted molar refractivity (Wildman–Crippen MR) is 41.9 cm³/mol. The van der Waals surface area contributed by atoms with E-state index in [-0.39, 0.29) is 0 Å². The van der Waals surface area contributed by atoms with Crippen molar-refractivity contribution in [2.24, 2.45) is 5.16 Å². The summed E-state index contributed by atoms with van der Waals surface area (Å²) in [6.45, 7) is 0. The molecule has 1 rings (SSSR count). The number of hydrogen-bond donors (Lipinski definition) is 0. The van der Waals surface area contributed by atoms with Gasteiger partial charge in [-0.05, 0) is 12.2 Å². The first-order valence-electron chi connectivity index (χ1n) is 3.10. The second kappa shape index (κ2) is 3.54. The zero-order chi connectivity index (χ0) is 8.10. The first kappa shape index (κ1) is 7.51. The van der Waals surface area contributed by atoms with Crippen LogP contribution in [-0.4, -0.2) is 18.8 Å². The maximum absolute atomic E-state index is 10.3. The molecule has 0 radical (unpaired) electrons. The summed E-state index contributed by atoms with van der Waals surface area (Å²) in [4.78, 5) is 14.8. The summed E-state index contributed by atoms with van der Waals surface area (Å²) >= 11 is 0. The van der Waals surface area contributed by atoms with Crippen molar-refractivity contribution in [2.75, 3.05) is 7.11 Å². The van der Waals surface area contributed by atoms with E-state index in [1.165, 1.54) is 7.11 Å². The zero-order valence-electron chi connectivity index (χ0n) is 6.07. The summed E-state index contributed by atoms with van der Waals surface area (Å²) in [7, 11) is 1.43. The van der Waals surface area contributed by atoms with E-state index in [4.69, 9.17) is 0 Å². The van der Waals surface area contributed by atoms with Crippen molar-refractivity contribution in [2.45, 2.75) is 0 Å². The van der Waals surface area contributed by atoms with Gasteiger partial charge < -0.3 is 4.84 Å². The van der Waals surface area contributed by atoms with E-state index in [2.05, 4.69) is 9.99 Å². The van der Waals surface area contributed by atoms with Gasteiger partial charge in [-0.15, -0.1) is 0 Å². The van der Waals surface area contributed by atoms with E-state index >= 15 is 0 Å². The lowest BCUT2D eigenvalue weighted by molar-refractivity contribution is 0.214. The summed E-state index contributed by atoms with van der Waals surface area (Å²) < 4.78 is 0. The molecule has 0 atom stereocenters. The molecule has 3 heteroatoms. The standard InChI is InChI=1S/C8H7NO2/c1-11-9-8-5-3-2-4-7(8)6-10/h2-5H,1H3. The molecule has 0 aromatic carbocycles. The van der Waals surface area contributed by atoms with Gasteiger partial charge in [-0.25, -0.2) is 4.79 Å². The van der Waals surface area contributed by atoms with Crippen molar-refractivity contribution in [1.82, 2.24) is 0 Å². The zero-order valence-corrected chi connectivity index (χ0v) is 6.07. The minimum Gasteiger partial charge on any atom is -0.399 e. The molecule has 0 spiro atoms. The van der Waals surface area contributed by atoms with Crippen LogP contribution in [0, 0.1) is 0 Å². The average Bonchev–Trinajstić information content (AvgIpc) is 2.06. The summed E-state index contributed by atoms with van der Waals surface area (Å²) in [6.07, 6.45) is 6.84. The molecule has 0 saturated heterocycles. The Labute approximate surface area is 64.3 Å². The van der Waals surface area contributed by atoms with E-state index in [1.54, 1.807) is 30.2 Å². The van der Waals surface area contributed by atoms with Crippen LogP contribution in [-0.2, 0) is 9.63 Å². The second-order valence-corrected chi connectivity index (χ2v) is 1.89. The molecule has 0 fully saturated rings. The van der Waals surface area contributed by atoms with Crippen molar-refractivity contribution in [3.8, 4) is 0 Å². The maximum atomic E-state index is 10.3. The van der Waals surface area contributed by atoms with E-state index in [9.17, 15) is 4.79 Å². The Morgan fingerprint density at radius 2 is 2.18 bits per heavy atom. The first-order valence-corrected chi connectivity index (χ1v) is 3.10. The largest absolute Gasteiger partial charge is 0.399 e. The molecule has 0 aromatic heterocycles. The number of carbonyl (C=O) groups excluding carboxylic acids is 1. The van der Waals surface area contributed by atoms with Gasteiger partial charge in [-0.3, -0.25) is 0 Å². The molecular formula is C8H7NO2. The Hall–Kier alpha value is -1.60. The smallest absolute Gasteiger partial charge is 0.134 e. The van der Waals surface area contributed by atoms with Crippen molar-refractivity contribution < 1.29 is 9.63 Å². The molecule has 1 aliphatic carbocycles. The summed E-state index contributed by atoms with van der Waals surface area (Å²) in [5.41, 5.74) is 0.916. The molecule has 0 unspecified atom stereocenters. The fraction of sp³-hybridized carbons (Fsp3) is 0.125. The third-order valence-electron chi connectivity index (χ3n) is 1.20. The van der Waals surface area contributed by atoms with Crippen LogP contribution in [0.25, 0.3) is 0 Å². The van der Waals surface area contributed by atoms with Gasteiger partial charge in [0.1, 0.15) is 18.8 Å². The lowest BCUT2D eigenvalue weighted by atomic mass is 10.1. The molecule has 11 heavy (non-hydrogen) atoms. The average molecular weight is 149 g/mol. The SMILES string of the molecule is CON=C1C=CC=CC1=C=O. The van der Waals surface area contributed by atoms with Crippen LogP contribution in [0.15, 0.2) is 35.0 Å². The topological polar surface area (TPSA) is 38.7 Å². The number of rotatable bonds is 1. The molecule has 0 bridgehead atoms. The van der Waals surface area contributed by atoms with E-state index in [0.29, 0.717) is 11.3 Å². The van der Waals surface area contributed by atoms with E-state index < -0.39 is 0 Å². The molecule has 3 nitrogen and oxygen atoms in total. The van der Waals surface area contributed by atoms with E-state index in [1.807, 2.05) is 0 Å². The van der Waals surface area contributed by atoms with Gasteiger partial charge in [0.25, 0.3) is 0 Å². The van der Waals surface area contributed by atoms with Gasteiger partial charge in [-0.2, -0.15) is 0 Å². The molecule has 0 heterocycles. The van der Waals surface area contributed by atoms with Crippen LogP contribution in [0.4, 0.5) is 0 Å². The number of allylic oxidation sites excluding steroid dienone is 5. The third kappa shape index (κ3) is 1.66. The fourth-order valence-electron chi connectivity index (χ4n) is 0.738. The van der Waals surface area contributed by atoms with Crippen LogP contribution in [0.2, 0.25) is 0 Å². The van der Waals surface area contributed by atoms with Gasteiger partial charge in [0.05, 0.1) is 5.57 Å². The van der Waals surface area contributed by atoms with Crippen LogP contribution >= 0.6 is 0 Å². The highest BCUT2D eigenvalue weighted by Crippen LogP contribution is 2.04. The summed E-state index contributed by atoms with van der Waals surface area (Å²) in [5.74, 6) is 1.76. The summed E-state index contributed by atoms with van der Waals surface area (Å²) in [6, 6.07) is 0. The molecular weight excluding hydrogens is 142 g/mol. The van der Waals surface area contributed by atoms with Gasteiger partial charge in [0.15, 0.2) is 0 Å². The molecule has 0 aromatic rings. The van der Waals surface area contributed by atoms with Crippen LogP contribution in [0.5, 0.6) is 0 Å². The van der Waals surface area contributed by atoms with Gasteiger partial charge in [-0.1, -0.05) is 17.3 Å². The second-order valence-electron chi connectivity index (χ2n) is 1.89. The Kier molecular flexibility index (Phi) is 2.42. The highest BCUT2D eigenvalue weighted by Gasteiger charge is 2.04.